The molecule has 0 saturated carbocycles. The highest BCUT2D eigenvalue weighted by Crippen LogP contribution is 2.11. The summed E-state index contributed by atoms with van der Waals surface area (Å²) in [4.78, 5) is 37.7. The van der Waals surface area contributed by atoms with Crippen LogP contribution in [0.15, 0.2) is 24.3 Å². The van der Waals surface area contributed by atoms with E-state index in [0.29, 0.717) is 38.3 Å². The molecule has 0 bridgehead atoms. The van der Waals surface area contributed by atoms with Crippen LogP contribution in [0.25, 0.3) is 0 Å². The molecule has 0 atom stereocenters. The minimum absolute atomic E-state index is 0.00924. The monoisotopic (exact) mass is 319 g/mol. The predicted molar refractivity (Wildman–Crippen MR) is 85.1 cm³/mol. The molecule has 1 fully saturated rings. The van der Waals surface area contributed by atoms with Gasteiger partial charge in [-0.25, -0.2) is 4.79 Å². The second-order valence-corrected chi connectivity index (χ2v) is 5.17. The first-order valence-corrected chi connectivity index (χ1v) is 7.62. The molecule has 1 aromatic rings. The number of carbonyl (C=O) groups is 3. The van der Waals surface area contributed by atoms with Crippen molar-refractivity contribution in [3.05, 3.63) is 29.8 Å². The number of hydrogen-bond acceptors (Lipinski definition) is 5. The third kappa shape index (κ3) is 4.70. The number of benzene rings is 1. The summed E-state index contributed by atoms with van der Waals surface area (Å²) in [7, 11) is 0. The smallest absolute Gasteiger partial charge is 0.338 e. The lowest BCUT2D eigenvalue weighted by atomic mass is 10.2. The van der Waals surface area contributed by atoms with Crippen LogP contribution in [0, 0.1) is 0 Å². The van der Waals surface area contributed by atoms with Gasteiger partial charge in [-0.15, -0.1) is 0 Å². The molecule has 0 aliphatic carbocycles. The van der Waals surface area contributed by atoms with Gasteiger partial charge < -0.3 is 19.9 Å². The van der Waals surface area contributed by atoms with Crippen molar-refractivity contribution in [2.75, 3.05) is 44.6 Å². The summed E-state index contributed by atoms with van der Waals surface area (Å²) >= 11 is 0. The first-order valence-electron chi connectivity index (χ1n) is 7.62. The third-order valence-corrected chi connectivity index (χ3v) is 3.66. The Bertz CT molecular complexity index is 551. The average Bonchev–Trinajstić information content (AvgIpc) is 2.60. The average molecular weight is 319 g/mol. The van der Waals surface area contributed by atoms with Crippen LogP contribution in [0.3, 0.4) is 0 Å². The molecular weight excluding hydrogens is 298 g/mol. The van der Waals surface area contributed by atoms with E-state index in [9.17, 15) is 14.4 Å². The Hall–Kier alpha value is -2.57. The Morgan fingerprint density at radius 1 is 1.17 bits per heavy atom. The van der Waals surface area contributed by atoms with Crippen LogP contribution in [0.1, 0.15) is 17.3 Å². The molecule has 0 spiro atoms. The van der Waals surface area contributed by atoms with Crippen molar-refractivity contribution in [2.24, 2.45) is 0 Å². The highest BCUT2D eigenvalue weighted by atomic mass is 16.5. The number of hydrogen-bond donors (Lipinski definition) is 1. The van der Waals surface area contributed by atoms with E-state index in [2.05, 4.69) is 5.32 Å². The fourth-order valence-electron chi connectivity index (χ4n) is 2.30. The standard InChI is InChI=1S/C16H21N3O4/c1-2-23-16(22)13-3-5-14(6-4-13)17-11-15(21)19-9-7-18(12-20)8-10-19/h3-6,12,17H,2,7-11H2,1H3. The number of amides is 2. The SMILES string of the molecule is CCOC(=O)c1ccc(NCC(=O)N2CCN(C=O)CC2)cc1. The largest absolute Gasteiger partial charge is 0.462 e. The van der Waals surface area contributed by atoms with Gasteiger partial charge in [-0.3, -0.25) is 9.59 Å². The molecule has 1 saturated heterocycles. The van der Waals surface area contributed by atoms with Gasteiger partial charge in [0.15, 0.2) is 0 Å². The number of esters is 1. The molecule has 1 aromatic carbocycles. The summed E-state index contributed by atoms with van der Waals surface area (Å²) in [5, 5.41) is 3.04. The second kappa shape index (κ2) is 8.17. The molecule has 124 valence electrons. The molecule has 23 heavy (non-hydrogen) atoms. The summed E-state index contributed by atoms with van der Waals surface area (Å²) in [6.07, 6.45) is 0.811. The maximum Gasteiger partial charge on any atom is 0.338 e. The van der Waals surface area contributed by atoms with E-state index in [-0.39, 0.29) is 18.4 Å². The lowest BCUT2D eigenvalue weighted by molar-refractivity contribution is -0.133. The minimum Gasteiger partial charge on any atom is -0.462 e. The molecule has 1 N–H and O–H groups in total. The van der Waals surface area contributed by atoms with Gasteiger partial charge in [0.05, 0.1) is 18.7 Å². The van der Waals surface area contributed by atoms with Gasteiger partial charge in [-0.1, -0.05) is 0 Å². The van der Waals surface area contributed by atoms with Crippen molar-refractivity contribution in [1.82, 2.24) is 9.80 Å². The molecule has 0 unspecified atom stereocenters. The van der Waals surface area contributed by atoms with E-state index in [4.69, 9.17) is 4.74 Å². The molecule has 2 amide bonds. The summed E-state index contributed by atoms with van der Waals surface area (Å²) in [6, 6.07) is 6.80. The number of piperazine rings is 1. The Balaban J connectivity index is 1.80. The van der Waals surface area contributed by atoms with Crippen LogP contribution in [0.5, 0.6) is 0 Å². The van der Waals surface area contributed by atoms with Crippen LogP contribution in [-0.4, -0.2) is 67.4 Å². The molecule has 0 radical (unpaired) electrons. The second-order valence-electron chi connectivity index (χ2n) is 5.17. The Morgan fingerprint density at radius 3 is 2.39 bits per heavy atom. The number of rotatable bonds is 6. The van der Waals surface area contributed by atoms with Gasteiger partial charge in [-0.2, -0.15) is 0 Å². The summed E-state index contributed by atoms with van der Waals surface area (Å²) in [5.41, 5.74) is 1.24. The molecule has 1 aliphatic rings. The first kappa shape index (κ1) is 16.8. The van der Waals surface area contributed by atoms with Crippen molar-refractivity contribution < 1.29 is 19.1 Å². The fraction of sp³-hybridized carbons (Fsp3) is 0.438. The lowest BCUT2D eigenvalue weighted by Crippen LogP contribution is -2.49. The highest BCUT2D eigenvalue weighted by molar-refractivity contribution is 5.90. The first-order chi connectivity index (χ1) is 11.1. The number of nitrogens with zero attached hydrogens (tertiary/aromatic N) is 2. The predicted octanol–water partition coefficient (Wildman–Crippen LogP) is 0.576. The van der Waals surface area contributed by atoms with E-state index in [0.717, 1.165) is 12.1 Å². The molecule has 2 rings (SSSR count). The van der Waals surface area contributed by atoms with Crippen molar-refractivity contribution in [3.63, 3.8) is 0 Å². The van der Waals surface area contributed by atoms with Crippen molar-refractivity contribution in [1.29, 1.82) is 0 Å². The van der Waals surface area contributed by atoms with Crippen LogP contribution in [0.2, 0.25) is 0 Å². The van der Waals surface area contributed by atoms with E-state index in [1.54, 1.807) is 41.0 Å². The lowest BCUT2D eigenvalue weighted by Gasteiger charge is -2.32. The van der Waals surface area contributed by atoms with Crippen molar-refractivity contribution in [2.45, 2.75) is 6.92 Å². The summed E-state index contributed by atoms with van der Waals surface area (Å²) < 4.78 is 4.91. The van der Waals surface area contributed by atoms with E-state index in [1.165, 1.54) is 0 Å². The third-order valence-electron chi connectivity index (χ3n) is 3.66. The van der Waals surface area contributed by atoms with Gasteiger partial charge in [0.2, 0.25) is 12.3 Å². The Labute approximate surface area is 135 Å². The van der Waals surface area contributed by atoms with E-state index < -0.39 is 0 Å². The summed E-state index contributed by atoms with van der Waals surface area (Å²) in [6.45, 7) is 4.54. The molecule has 0 aromatic heterocycles. The Kier molecular flexibility index (Phi) is 5.96. The van der Waals surface area contributed by atoms with Gasteiger partial charge in [0.1, 0.15) is 0 Å². The zero-order valence-corrected chi connectivity index (χ0v) is 13.2. The van der Waals surface area contributed by atoms with Crippen LogP contribution in [-0.2, 0) is 14.3 Å². The van der Waals surface area contributed by atoms with Gasteiger partial charge in [0.25, 0.3) is 0 Å². The van der Waals surface area contributed by atoms with Crippen LogP contribution in [0.4, 0.5) is 5.69 Å². The zero-order chi connectivity index (χ0) is 16.7. The maximum absolute atomic E-state index is 12.1. The van der Waals surface area contributed by atoms with Gasteiger partial charge >= 0.3 is 5.97 Å². The number of carbonyl (C=O) groups excluding carboxylic acids is 3. The minimum atomic E-state index is -0.358. The zero-order valence-electron chi connectivity index (χ0n) is 13.2. The normalized spacial score (nSPS) is 14.3. The maximum atomic E-state index is 12.1. The van der Waals surface area contributed by atoms with Crippen molar-refractivity contribution >= 4 is 24.0 Å². The molecule has 1 aliphatic heterocycles. The van der Waals surface area contributed by atoms with Crippen molar-refractivity contribution in [3.8, 4) is 0 Å². The number of nitrogens with one attached hydrogen (secondary N) is 1. The molecular formula is C16H21N3O4. The Morgan fingerprint density at radius 2 is 1.83 bits per heavy atom. The van der Waals surface area contributed by atoms with E-state index >= 15 is 0 Å². The quantitative estimate of drug-likeness (QED) is 0.613. The fourth-order valence-corrected chi connectivity index (χ4v) is 2.30. The molecule has 7 heteroatoms. The topological polar surface area (TPSA) is 79.0 Å². The van der Waals surface area contributed by atoms with Crippen LogP contribution < -0.4 is 5.32 Å². The van der Waals surface area contributed by atoms with E-state index in [1.807, 2.05) is 0 Å². The van der Waals surface area contributed by atoms with Gasteiger partial charge in [-0.05, 0) is 31.2 Å². The molecule has 7 nitrogen and oxygen atoms in total. The number of ether oxygens (including phenoxy) is 1. The number of anilines is 1. The highest BCUT2D eigenvalue weighted by Gasteiger charge is 2.19. The van der Waals surface area contributed by atoms with Crippen LogP contribution >= 0.6 is 0 Å². The molecule has 1 heterocycles. The summed E-state index contributed by atoms with van der Waals surface area (Å²) in [5.74, 6) is -0.367. The van der Waals surface area contributed by atoms with Gasteiger partial charge in [0, 0.05) is 31.9 Å².